The summed E-state index contributed by atoms with van der Waals surface area (Å²) in [6.07, 6.45) is 0.249. The van der Waals surface area contributed by atoms with Gasteiger partial charge in [0.15, 0.2) is 16.5 Å². The minimum atomic E-state index is 0.249. The van der Waals surface area contributed by atoms with Crippen molar-refractivity contribution in [3.8, 4) is 45.8 Å². The van der Waals surface area contributed by atoms with E-state index in [9.17, 15) is 5.26 Å². The van der Waals surface area contributed by atoms with Crippen LogP contribution in [0.15, 0.2) is 41.8 Å². The number of aromatic nitrogens is 2. The lowest BCUT2D eigenvalue weighted by molar-refractivity contribution is 0.355. The third-order valence-electron chi connectivity index (χ3n) is 5.05. The Bertz CT molecular complexity index is 1270. The van der Waals surface area contributed by atoms with Gasteiger partial charge >= 0.3 is 0 Å². The summed E-state index contributed by atoms with van der Waals surface area (Å²) < 4.78 is 18.3. The molecule has 0 fully saturated rings. The van der Waals surface area contributed by atoms with Crippen LogP contribution in [0.4, 0.5) is 0 Å². The van der Waals surface area contributed by atoms with Gasteiger partial charge in [0.1, 0.15) is 5.75 Å². The van der Waals surface area contributed by atoms with Crippen molar-refractivity contribution in [2.75, 3.05) is 21.3 Å². The predicted molar refractivity (Wildman–Crippen MR) is 118 cm³/mol. The van der Waals surface area contributed by atoms with Gasteiger partial charge in [-0.3, -0.25) is 4.40 Å². The van der Waals surface area contributed by atoms with Gasteiger partial charge in [-0.25, -0.2) is 4.98 Å². The third-order valence-corrected chi connectivity index (χ3v) is 5.88. The van der Waals surface area contributed by atoms with Crippen LogP contribution in [0.25, 0.3) is 27.5 Å². The Morgan fingerprint density at radius 1 is 0.967 bits per heavy atom. The van der Waals surface area contributed by atoms with E-state index in [0.717, 1.165) is 44.5 Å². The highest BCUT2D eigenvalue weighted by molar-refractivity contribution is 7.15. The Morgan fingerprint density at radius 3 is 2.33 bits per heavy atom. The molecule has 0 atom stereocenters. The van der Waals surface area contributed by atoms with Gasteiger partial charge in [0.05, 0.1) is 50.9 Å². The van der Waals surface area contributed by atoms with E-state index in [1.54, 1.807) is 32.7 Å². The zero-order valence-corrected chi connectivity index (χ0v) is 18.0. The second-order valence-electron chi connectivity index (χ2n) is 6.74. The van der Waals surface area contributed by atoms with E-state index in [4.69, 9.17) is 19.2 Å². The molecular formula is C23H21N3O3S. The molecule has 0 radical (unpaired) electrons. The fraction of sp³-hybridized carbons (Fsp3) is 0.217. The van der Waals surface area contributed by atoms with Crippen LogP contribution < -0.4 is 14.2 Å². The lowest BCUT2D eigenvalue weighted by Crippen LogP contribution is -1.97. The number of hydrogen-bond donors (Lipinski definition) is 0. The van der Waals surface area contributed by atoms with Gasteiger partial charge in [-0.1, -0.05) is 0 Å². The van der Waals surface area contributed by atoms with Crippen LogP contribution in [0, 0.1) is 18.3 Å². The Hall–Kier alpha value is -3.50. The van der Waals surface area contributed by atoms with Gasteiger partial charge in [-0.15, -0.1) is 11.3 Å². The molecular weight excluding hydrogens is 398 g/mol. The van der Waals surface area contributed by atoms with Crippen molar-refractivity contribution in [1.29, 1.82) is 5.26 Å². The lowest BCUT2D eigenvalue weighted by atomic mass is 10.1. The molecule has 2 aromatic carbocycles. The van der Waals surface area contributed by atoms with Crippen LogP contribution in [0.5, 0.6) is 17.2 Å². The molecule has 4 rings (SSSR count). The summed E-state index contributed by atoms with van der Waals surface area (Å²) in [6.45, 7) is 2.00. The molecule has 0 saturated carbocycles. The Kier molecular flexibility index (Phi) is 5.34. The van der Waals surface area contributed by atoms with E-state index < -0.39 is 0 Å². The van der Waals surface area contributed by atoms with E-state index in [1.807, 2.05) is 48.7 Å². The normalized spacial score (nSPS) is 10.8. The number of hydrogen-bond acceptors (Lipinski definition) is 6. The van der Waals surface area contributed by atoms with Crippen LogP contribution in [0.3, 0.4) is 0 Å². The second-order valence-corrected chi connectivity index (χ2v) is 7.57. The van der Waals surface area contributed by atoms with Crippen LogP contribution >= 0.6 is 11.3 Å². The van der Waals surface area contributed by atoms with Crippen molar-refractivity contribution >= 4 is 16.3 Å². The first-order valence-corrected chi connectivity index (χ1v) is 10.2. The number of rotatable bonds is 6. The number of nitrogens with zero attached hydrogens (tertiary/aromatic N) is 3. The number of nitriles is 1. The molecule has 0 aliphatic carbocycles. The maximum Gasteiger partial charge on any atom is 0.194 e. The SMILES string of the molecule is COc1ccc(-c2nc3scc(-c4ccc(OC)c(OC)c4)n3c2CC#N)cc1C. The number of aryl methyl sites for hydroxylation is 1. The van der Waals surface area contributed by atoms with E-state index in [2.05, 4.69) is 10.5 Å². The van der Waals surface area contributed by atoms with Crippen molar-refractivity contribution in [3.05, 3.63) is 53.0 Å². The zero-order chi connectivity index (χ0) is 21.3. The molecule has 0 unspecified atom stereocenters. The van der Waals surface area contributed by atoms with Crippen molar-refractivity contribution in [2.24, 2.45) is 0 Å². The summed E-state index contributed by atoms with van der Waals surface area (Å²) in [5.41, 5.74) is 5.60. The zero-order valence-electron chi connectivity index (χ0n) is 17.2. The van der Waals surface area contributed by atoms with E-state index in [1.165, 1.54) is 0 Å². The summed E-state index contributed by atoms with van der Waals surface area (Å²) in [4.78, 5) is 5.70. The van der Waals surface area contributed by atoms with Crippen molar-refractivity contribution < 1.29 is 14.2 Å². The van der Waals surface area contributed by atoms with Crippen LogP contribution in [-0.4, -0.2) is 30.7 Å². The second kappa shape index (κ2) is 8.09. The quantitative estimate of drug-likeness (QED) is 0.433. The van der Waals surface area contributed by atoms with Crippen LogP contribution in [-0.2, 0) is 6.42 Å². The van der Waals surface area contributed by atoms with E-state index in [0.29, 0.717) is 11.5 Å². The van der Waals surface area contributed by atoms with Gasteiger partial charge in [0.2, 0.25) is 0 Å². The molecule has 0 amide bonds. The number of fused-ring (bicyclic) bond motifs is 1. The van der Waals surface area contributed by atoms with Gasteiger partial charge in [-0.05, 0) is 48.9 Å². The Labute approximate surface area is 178 Å². The molecule has 7 heteroatoms. The molecule has 152 valence electrons. The van der Waals surface area contributed by atoms with Gasteiger partial charge in [-0.2, -0.15) is 5.26 Å². The first-order chi connectivity index (χ1) is 14.6. The van der Waals surface area contributed by atoms with Crippen LogP contribution in [0.1, 0.15) is 11.3 Å². The highest BCUT2D eigenvalue weighted by Crippen LogP contribution is 2.37. The molecule has 0 spiro atoms. The van der Waals surface area contributed by atoms with Gasteiger partial charge in [0, 0.05) is 16.5 Å². The molecule has 0 bridgehead atoms. The van der Waals surface area contributed by atoms with Gasteiger partial charge < -0.3 is 14.2 Å². The summed E-state index contributed by atoms with van der Waals surface area (Å²) in [7, 11) is 4.89. The summed E-state index contributed by atoms with van der Waals surface area (Å²) >= 11 is 1.55. The van der Waals surface area contributed by atoms with E-state index in [-0.39, 0.29) is 6.42 Å². The summed E-state index contributed by atoms with van der Waals surface area (Å²) in [6, 6.07) is 14.1. The largest absolute Gasteiger partial charge is 0.496 e. The summed E-state index contributed by atoms with van der Waals surface area (Å²) in [5, 5.41) is 11.6. The maximum atomic E-state index is 9.51. The van der Waals surface area contributed by atoms with E-state index >= 15 is 0 Å². The standard InChI is InChI=1S/C23H21N3O3S/c1-14-11-16(6-7-19(14)27-2)22-17(9-10-24)26-18(13-30-23(26)25-22)15-5-8-20(28-3)21(12-15)29-4/h5-8,11-13H,9H2,1-4H3. The smallest absolute Gasteiger partial charge is 0.194 e. The minimum Gasteiger partial charge on any atom is -0.496 e. The molecule has 2 aromatic heterocycles. The first kappa shape index (κ1) is 19.8. The topological polar surface area (TPSA) is 68.8 Å². The van der Waals surface area contributed by atoms with Gasteiger partial charge in [0.25, 0.3) is 0 Å². The number of imidazole rings is 1. The number of methoxy groups -OCH3 is 3. The average Bonchev–Trinajstić information content (AvgIpc) is 3.33. The average molecular weight is 420 g/mol. The molecule has 0 aliphatic heterocycles. The number of thiazole rings is 1. The maximum absolute atomic E-state index is 9.51. The Balaban J connectivity index is 1.91. The highest BCUT2D eigenvalue weighted by atomic mass is 32.1. The van der Waals surface area contributed by atoms with Crippen molar-refractivity contribution in [1.82, 2.24) is 9.38 Å². The van der Waals surface area contributed by atoms with Crippen molar-refractivity contribution in [2.45, 2.75) is 13.3 Å². The summed E-state index contributed by atoms with van der Waals surface area (Å²) in [5.74, 6) is 2.15. The molecule has 2 heterocycles. The van der Waals surface area contributed by atoms with Crippen molar-refractivity contribution in [3.63, 3.8) is 0 Å². The fourth-order valence-electron chi connectivity index (χ4n) is 3.61. The highest BCUT2D eigenvalue weighted by Gasteiger charge is 2.20. The molecule has 4 aromatic rings. The van der Waals surface area contributed by atoms with Crippen LogP contribution in [0.2, 0.25) is 0 Å². The fourth-order valence-corrected chi connectivity index (χ4v) is 4.52. The number of benzene rings is 2. The third kappa shape index (κ3) is 3.25. The Morgan fingerprint density at radius 2 is 1.67 bits per heavy atom. The molecule has 0 saturated heterocycles. The molecule has 0 N–H and O–H groups in total. The predicted octanol–water partition coefficient (Wildman–Crippen LogP) is 5.13. The number of ether oxygens (including phenoxy) is 3. The molecule has 0 aliphatic rings. The molecule has 6 nitrogen and oxygen atoms in total. The first-order valence-electron chi connectivity index (χ1n) is 9.34. The monoisotopic (exact) mass is 419 g/mol. The minimum absolute atomic E-state index is 0.249. The lowest BCUT2D eigenvalue weighted by Gasteiger charge is -2.10. The molecule has 30 heavy (non-hydrogen) atoms.